The van der Waals surface area contributed by atoms with E-state index in [0.717, 1.165) is 0 Å². The molecule has 2 amide bonds. The van der Waals surface area contributed by atoms with Gasteiger partial charge in [-0.25, -0.2) is 0 Å². The Kier molecular flexibility index (Phi) is 4.11. The molecule has 1 rings (SSSR count). The van der Waals surface area contributed by atoms with Gasteiger partial charge in [-0.05, 0) is 12.8 Å². The molecule has 0 aromatic heterocycles. The standard InChI is InChI=1S/C8H11F3N2O3/c9-8(10,11)7(15)13-12-6(14)5-2-1-3-16-4-5/h5H,1-4H2,(H,12,14)(H,13,15). The highest BCUT2D eigenvalue weighted by Gasteiger charge is 2.39. The van der Waals surface area contributed by atoms with Gasteiger partial charge in [0.15, 0.2) is 0 Å². The minimum absolute atomic E-state index is 0.160. The fraction of sp³-hybridized carbons (Fsp3) is 0.750. The lowest BCUT2D eigenvalue weighted by Crippen LogP contribution is -2.50. The van der Waals surface area contributed by atoms with E-state index in [4.69, 9.17) is 4.74 Å². The number of nitrogens with one attached hydrogen (secondary N) is 2. The third kappa shape index (κ3) is 3.69. The molecule has 0 bridgehead atoms. The molecule has 1 aliphatic rings. The van der Waals surface area contributed by atoms with Crippen LogP contribution in [0.3, 0.4) is 0 Å². The van der Waals surface area contributed by atoms with Gasteiger partial charge in [-0.2, -0.15) is 13.2 Å². The van der Waals surface area contributed by atoms with E-state index >= 15 is 0 Å². The van der Waals surface area contributed by atoms with Gasteiger partial charge in [0.05, 0.1) is 12.5 Å². The molecule has 0 aromatic carbocycles. The Morgan fingerprint density at radius 3 is 2.44 bits per heavy atom. The number of amides is 2. The highest BCUT2D eigenvalue weighted by molar-refractivity contribution is 5.86. The number of hydrazine groups is 1. The van der Waals surface area contributed by atoms with Crippen molar-refractivity contribution in [2.24, 2.45) is 5.92 Å². The second-order valence-electron chi connectivity index (χ2n) is 3.36. The van der Waals surface area contributed by atoms with Crippen molar-refractivity contribution in [2.75, 3.05) is 13.2 Å². The lowest BCUT2D eigenvalue weighted by atomic mass is 10.0. The lowest BCUT2D eigenvalue weighted by Gasteiger charge is -2.21. The van der Waals surface area contributed by atoms with E-state index in [1.165, 1.54) is 5.43 Å². The van der Waals surface area contributed by atoms with Gasteiger partial charge in [-0.15, -0.1) is 0 Å². The maximum Gasteiger partial charge on any atom is 0.472 e. The molecule has 2 N–H and O–H groups in total. The van der Waals surface area contributed by atoms with E-state index in [2.05, 4.69) is 0 Å². The molecule has 1 atom stereocenters. The number of carbonyl (C=O) groups is 2. The largest absolute Gasteiger partial charge is 0.472 e. The van der Waals surface area contributed by atoms with Crippen molar-refractivity contribution < 1.29 is 27.5 Å². The van der Waals surface area contributed by atoms with Crippen molar-refractivity contribution in [3.63, 3.8) is 0 Å². The maximum absolute atomic E-state index is 11.8. The minimum atomic E-state index is -5.00. The topological polar surface area (TPSA) is 67.4 Å². The Labute approximate surface area is 89.3 Å². The van der Waals surface area contributed by atoms with Crippen LogP contribution >= 0.6 is 0 Å². The summed E-state index contributed by atoms with van der Waals surface area (Å²) < 4.78 is 40.2. The number of hydrogen-bond donors (Lipinski definition) is 2. The average Bonchev–Trinajstić information content (AvgIpc) is 2.25. The summed E-state index contributed by atoms with van der Waals surface area (Å²) in [5.74, 6) is -3.38. The molecule has 0 aromatic rings. The van der Waals surface area contributed by atoms with E-state index in [1.807, 2.05) is 0 Å². The normalized spacial score (nSPS) is 21.3. The van der Waals surface area contributed by atoms with Crippen LogP contribution < -0.4 is 10.9 Å². The second kappa shape index (κ2) is 5.15. The summed E-state index contributed by atoms with van der Waals surface area (Å²) in [7, 11) is 0. The number of ether oxygens (including phenoxy) is 1. The maximum atomic E-state index is 11.8. The van der Waals surface area contributed by atoms with Crippen molar-refractivity contribution in [1.29, 1.82) is 0 Å². The van der Waals surface area contributed by atoms with Crippen molar-refractivity contribution in [2.45, 2.75) is 19.0 Å². The lowest BCUT2D eigenvalue weighted by molar-refractivity contribution is -0.175. The Balaban J connectivity index is 2.32. The summed E-state index contributed by atoms with van der Waals surface area (Å²) >= 11 is 0. The Bertz CT molecular complexity index is 274. The molecule has 0 spiro atoms. The minimum Gasteiger partial charge on any atom is -0.381 e. The average molecular weight is 240 g/mol. The summed E-state index contributed by atoms with van der Waals surface area (Å²) in [6.07, 6.45) is -3.80. The van der Waals surface area contributed by atoms with Gasteiger partial charge in [0.2, 0.25) is 5.91 Å². The highest BCUT2D eigenvalue weighted by atomic mass is 19.4. The molecule has 1 fully saturated rings. The number of alkyl halides is 3. The monoisotopic (exact) mass is 240 g/mol. The quantitative estimate of drug-likeness (QED) is 0.640. The van der Waals surface area contributed by atoms with Gasteiger partial charge in [-0.1, -0.05) is 0 Å². The first-order valence-corrected chi connectivity index (χ1v) is 4.66. The molecule has 16 heavy (non-hydrogen) atoms. The Hall–Kier alpha value is -1.31. The van der Waals surface area contributed by atoms with Gasteiger partial charge >= 0.3 is 12.1 Å². The third-order valence-electron chi connectivity index (χ3n) is 2.09. The molecule has 1 saturated heterocycles. The van der Waals surface area contributed by atoms with Crippen LogP contribution in [0.2, 0.25) is 0 Å². The summed E-state index contributed by atoms with van der Waals surface area (Å²) in [6.45, 7) is 0.701. The molecule has 0 saturated carbocycles. The highest BCUT2D eigenvalue weighted by Crippen LogP contribution is 2.14. The van der Waals surface area contributed by atoms with Crippen molar-refractivity contribution >= 4 is 11.8 Å². The number of hydrogen-bond acceptors (Lipinski definition) is 3. The third-order valence-corrected chi connectivity index (χ3v) is 2.09. The van der Waals surface area contributed by atoms with E-state index in [9.17, 15) is 22.8 Å². The zero-order chi connectivity index (χ0) is 12.2. The van der Waals surface area contributed by atoms with E-state index in [-0.39, 0.29) is 6.61 Å². The zero-order valence-electron chi connectivity index (χ0n) is 8.26. The molecule has 1 unspecified atom stereocenters. The Morgan fingerprint density at radius 1 is 1.25 bits per heavy atom. The van der Waals surface area contributed by atoms with Crippen LogP contribution in [0.4, 0.5) is 13.2 Å². The van der Waals surface area contributed by atoms with E-state index < -0.39 is 23.9 Å². The Morgan fingerprint density at radius 2 is 1.94 bits per heavy atom. The van der Waals surface area contributed by atoms with Crippen LogP contribution in [-0.4, -0.2) is 31.2 Å². The van der Waals surface area contributed by atoms with Crippen LogP contribution in [-0.2, 0) is 14.3 Å². The predicted molar refractivity (Wildman–Crippen MR) is 45.9 cm³/mol. The fourth-order valence-corrected chi connectivity index (χ4v) is 1.24. The van der Waals surface area contributed by atoms with Crippen LogP contribution in [0.1, 0.15) is 12.8 Å². The first-order chi connectivity index (χ1) is 7.41. The smallest absolute Gasteiger partial charge is 0.381 e. The predicted octanol–water partition coefficient (Wildman–Crippen LogP) is 0.123. The van der Waals surface area contributed by atoms with Gasteiger partial charge < -0.3 is 4.74 Å². The molecular weight excluding hydrogens is 229 g/mol. The molecule has 0 radical (unpaired) electrons. The molecule has 1 aliphatic heterocycles. The van der Waals surface area contributed by atoms with Crippen molar-refractivity contribution in [3.05, 3.63) is 0 Å². The first kappa shape index (κ1) is 12.8. The summed E-state index contributed by atoms with van der Waals surface area (Å²) in [5.41, 5.74) is 3.02. The van der Waals surface area contributed by atoms with E-state index in [0.29, 0.717) is 19.4 Å². The van der Waals surface area contributed by atoms with Crippen LogP contribution in [0.15, 0.2) is 0 Å². The second-order valence-corrected chi connectivity index (χ2v) is 3.36. The number of halogens is 3. The summed E-state index contributed by atoms with van der Waals surface area (Å²) in [6, 6.07) is 0. The van der Waals surface area contributed by atoms with Gasteiger partial charge in [0, 0.05) is 6.61 Å². The molecule has 92 valence electrons. The number of rotatable bonds is 1. The van der Waals surface area contributed by atoms with Crippen LogP contribution in [0.25, 0.3) is 0 Å². The summed E-state index contributed by atoms with van der Waals surface area (Å²) in [4.78, 5) is 21.6. The van der Waals surface area contributed by atoms with Crippen molar-refractivity contribution in [3.8, 4) is 0 Å². The van der Waals surface area contributed by atoms with Gasteiger partial charge in [-0.3, -0.25) is 20.4 Å². The molecule has 0 aliphatic carbocycles. The van der Waals surface area contributed by atoms with E-state index in [1.54, 1.807) is 5.43 Å². The molecule has 8 heteroatoms. The van der Waals surface area contributed by atoms with Crippen LogP contribution in [0.5, 0.6) is 0 Å². The van der Waals surface area contributed by atoms with Gasteiger partial charge in [0.1, 0.15) is 0 Å². The van der Waals surface area contributed by atoms with Gasteiger partial charge in [0.25, 0.3) is 0 Å². The van der Waals surface area contributed by atoms with Crippen molar-refractivity contribution in [1.82, 2.24) is 10.9 Å². The fourth-order valence-electron chi connectivity index (χ4n) is 1.24. The first-order valence-electron chi connectivity index (χ1n) is 4.66. The summed E-state index contributed by atoms with van der Waals surface area (Å²) in [5, 5.41) is 0. The number of carbonyl (C=O) groups excluding carboxylic acids is 2. The zero-order valence-corrected chi connectivity index (χ0v) is 8.26. The van der Waals surface area contributed by atoms with Crippen LogP contribution in [0, 0.1) is 5.92 Å². The molecular formula is C8H11F3N2O3. The molecule has 5 nitrogen and oxygen atoms in total. The molecule has 1 heterocycles. The SMILES string of the molecule is O=C(NNC(=O)C(F)(F)F)C1CCCOC1.